The van der Waals surface area contributed by atoms with Crippen LogP contribution in [0.3, 0.4) is 0 Å². The van der Waals surface area contributed by atoms with Crippen molar-refractivity contribution in [2.75, 3.05) is 6.54 Å². The predicted octanol–water partition coefficient (Wildman–Crippen LogP) is 6.33. The highest BCUT2D eigenvalue weighted by Gasteiger charge is 2.44. The van der Waals surface area contributed by atoms with Crippen molar-refractivity contribution in [1.29, 1.82) is 0 Å². The van der Waals surface area contributed by atoms with E-state index in [-0.39, 0.29) is 24.3 Å². The Morgan fingerprint density at radius 3 is 2.35 bits per heavy atom. The average molecular weight is 460 g/mol. The Bertz CT molecular complexity index is 940. The molecule has 1 N–H and O–H groups in total. The molecule has 2 aromatic carbocycles. The summed E-state index contributed by atoms with van der Waals surface area (Å²) in [5, 5.41) is 10.8. The average Bonchev–Trinajstić information content (AvgIpc) is 3.24. The van der Waals surface area contributed by atoms with Crippen LogP contribution in [0.4, 0.5) is 0 Å². The second-order valence-corrected chi connectivity index (χ2v) is 9.70. The molecule has 0 aromatic heterocycles. The number of rotatable bonds is 6. The first-order valence-electron chi connectivity index (χ1n) is 11.0. The molecule has 1 saturated heterocycles. The van der Waals surface area contributed by atoms with Gasteiger partial charge in [-0.3, -0.25) is 9.59 Å². The van der Waals surface area contributed by atoms with Crippen molar-refractivity contribution in [1.82, 2.24) is 4.90 Å². The third-order valence-electron chi connectivity index (χ3n) is 6.73. The minimum Gasteiger partial charge on any atom is -0.481 e. The fourth-order valence-corrected chi connectivity index (χ4v) is 5.63. The van der Waals surface area contributed by atoms with Crippen LogP contribution in [0.15, 0.2) is 48.5 Å². The van der Waals surface area contributed by atoms with Crippen molar-refractivity contribution < 1.29 is 14.7 Å². The number of piperidine rings is 1. The topological polar surface area (TPSA) is 57.6 Å². The van der Waals surface area contributed by atoms with Gasteiger partial charge < -0.3 is 10.0 Å². The van der Waals surface area contributed by atoms with Crippen LogP contribution in [-0.4, -0.2) is 28.4 Å². The number of halogens is 2. The van der Waals surface area contributed by atoms with Gasteiger partial charge in [0.15, 0.2) is 0 Å². The normalized spacial score (nSPS) is 24.5. The van der Waals surface area contributed by atoms with Crippen LogP contribution in [0.1, 0.15) is 61.6 Å². The molecule has 31 heavy (non-hydrogen) atoms. The van der Waals surface area contributed by atoms with Gasteiger partial charge in [-0.05, 0) is 60.6 Å². The molecule has 2 aromatic rings. The largest absolute Gasteiger partial charge is 0.481 e. The van der Waals surface area contributed by atoms with E-state index in [0.29, 0.717) is 28.9 Å². The molecule has 1 heterocycles. The monoisotopic (exact) mass is 459 g/mol. The van der Waals surface area contributed by atoms with Crippen LogP contribution in [0.25, 0.3) is 0 Å². The minimum atomic E-state index is -0.936. The van der Waals surface area contributed by atoms with Gasteiger partial charge in [-0.2, -0.15) is 0 Å². The molecule has 0 spiro atoms. The fourth-order valence-electron chi connectivity index (χ4n) is 5.31. The Kier molecular flexibility index (Phi) is 6.88. The Balaban J connectivity index is 1.78. The smallest absolute Gasteiger partial charge is 0.304 e. The van der Waals surface area contributed by atoms with Crippen LogP contribution in [0.2, 0.25) is 10.0 Å². The SMILES string of the molecule is O=C(O)C[C@@H]1CC(c2cccc(Cl)c2)C(c2ccc(Cl)cc2)N(CC2CCCC2)C1=O. The number of hydrogen-bond acceptors (Lipinski definition) is 2. The summed E-state index contributed by atoms with van der Waals surface area (Å²) in [6.07, 6.45) is 4.94. The summed E-state index contributed by atoms with van der Waals surface area (Å²) in [6.45, 7) is 0.666. The van der Waals surface area contributed by atoms with Crippen molar-refractivity contribution in [2.45, 2.75) is 50.5 Å². The molecule has 4 rings (SSSR count). The van der Waals surface area contributed by atoms with Crippen LogP contribution in [0.5, 0.6) is 0 Å². The molecule has 6 heteroatoms. The number of likely N-dealkylation sites (tertiary alicyclic amines) is 1. The highest BCUT2D eigenvalue weighted by Crippen LogP contribution is 2.47. The number of carboxylic acids is 1. The van der Waals surface area contributed by atoms with E-state index in [9.17, 15) is 14.7 Å². The number of aliphatic carboxylic acids is 1. The maximum Gasteiger partial charge on any atom is 0.304 e. The molecule has 1 aliphatic carbocycles. The Labute approximate surface area is 193 Å². The lowest BCUT2D eigenvalue weighted by Crippen LogP contribution is -2.49. The molecule has 0 bridgehead atoms. The molecular formula is C25H27Cl2NO3. The van der Waals surface area contributed by atoms with Gasteiger partial charge in [0.2, 0.25) is 5.91 Å². The van der Waals surface area contributed by atoms with Crippen LogP contribution in [-0.2, 0) is 9.59 Å². The van der Waals surface area contributed by atoms with Gasteiger partial charge in [0.1, 0.15) is 0 Å². The zero-order valence-electron chi connectivity index (χ0n) is 17.3. The van der Waals surface area contributed by atoms with E-state index in [0.717, 1.165) is 24.0 Å². The summed E-state index contributed by atoms with van der Waals surface area (Å²) in [6, 6.07) is 15.2. The van der Waals surface area contributed by atoms with Gasteiger partial charge in [-0.1, -0.05) is 60.3 Å². The molecule has 0 radical (unpaired) electrons. The van der Waals surface area contributed by atoms with E-state index in [1.807, 2.05) is 53.4 Å². The van der Waals surface area contributed by atoms with Gasteiger partial charge in [0, 0.05) is 28.4 Å². The van der Waals surface area contributed by atoms with Crippen molar-refractivity contribution in [2.24, 2.45) is 11.8 Å². The van der Waals surface area contributed by atoms with E-state index in [4.69, 9.17) is 23.2 Å². The van der Waals surface area contributed by atoms with Crippen molar-refractivity contribution in [3.63, 3.8) is 0 Å². The first-order valence-corrected chi connectivity index (χ1v) is 11.7. The number of carboxylic acid groups (broad SMARTS) is 1. The van der Waals surface area contributed by atoms with E-state index >= 15 is 0 Å². The van der Waals surface area contributed by atoms with Crippen molar-refractivity contribution in [3.8, 4) is 0 Å². The molecule has 1 aliphatic heterocycles. The number of nitrogens with zero attached hydrogens (tertiary/aromatic N) is 1. The molecule has 2 aliphatic rings. The minimum absolute atomic E-state index is 0.0386. The molecule has 2 fully saturated rings. The van der Waals surface area contributed by atoms with Gasteiger partial charge in [-0.25, -0.2) is 0 Å². The van der Waals surface area contributed by atoms with E-state index in [1.54, 1.807) is 0 Å². The van der Waals surface area contributed by atoms with E-state index in [1.165, 1.54) is 12.8 Å². The number of carbonyl (C=O) groups excluding carboxylic acids is 1. The van der Waals surface area contributed by atoms with E-state index in [2.05, 4.69) is 0 Å². The third kappa shape index (κ3) is 5.07. The summed E-state index contributed by atoms with van der Waals surface area (Å²) < 4.78 is 0. The first-order chi connectivity index (χ1) is 14.9. The Morgan fingerprint density at radius 2 is 1.71 bits per heavy atom. The van der Waals surface area contributed by atoms with Gasteiger partial charge in [0.05, 0.1) is 12.5 Å². The number of benzene rings is 2. The maximum absolute atomic E-state index is 13.6. The molecule has 3 atom stereocenters. The van der Waals surface area contributed by atoms with E-state index < -0.39 is 11.9 Å². The van der Waals surface area contributed by atoms with Gasteiger partial charge in [-0.15, -0.1) is 0 Å². The second-order valence-electron chi connectivity index (χ2n) is 8.83. The standard InChI is InChI=1S/C25H27Cl2NO3/c26-20-10-8-17(9-11-20)24-22(18-6-3-7-21(27)12-18)13-19(14-23(29)30)25(31)28(24)15-16-4-1-2-5-16/h3,6-12,16,19,22,24H,1-2,4-5,13-15H2,(H,29,30)/t19-,22?,24?/m0/s1. The molecule has 164 valence electrons. The zero-order chi connectivity index (χ0) is 22.0. The quantitative estimate of drug-likeness (QED) is 0.548. The number of carbonyl (C=O) groups is 2. The molecule has 1 saturated carbocycles. The van der Waals surface area contributed by atoms with Crippen LogP contribution < -0.4 is 0 Å². The first kappa shape index (κ1) is 22.2. The third-order valence-corrected chi connectivity index (χ3v) is 7.21. The number of amides is 1. The van der Waals surface area contributed by atoms with Crippen LogP contribution in [0, 0.1) is 11.8 Å². The lowest BCUT2D eigenvalue weighted by Gasteiger charge is -2.46. The van der Waals surface area contributed by atoms with Crippen molar-refractivity contribution >= 4 is 35.1 Å². The lowest BCUT2D eigenvalue weighted by atomic mass is 9.74. The second kappa shape index (κ2) is 9.62. The molecule has 2 unspecified atom stereocenters. The highest BCUT2D eigenvalue weighted by molar-refractivity contribution is 6.30. The summed E-state index contributed by atoms with van der Waals surface area (Å²) >= 11 is 12.5. The summed E-state index contributed by atoms with van der Waals surface area (Å²) in [4.78, 5) is 27.1. The summed E-state index contributed by atoms with van der Waals surface area (Å²) in [5.74, 6) is -1.10. The van der Waals surface area contributed by atoms with Gasteiger partial charge >= 0.3 is 5.97 Å². The predicted molar refractivity (Wildman–Crippen MR) is 122 cm³/mol. The molecular weight excluding hydrogens is 433 g/mol. The molecule has 4 nitrogen and oxygen atoms in total. The van der Waals surface area contributed by atoms with Crippen LogP contribution >= 0.6 is 23.2 Å². The Morgan fingerprint density at radius 1 is 1.00 bits per heavy atom. The summed E-state index contributed by atoms with van der Waals surface area (Å²) in [7, 11) is 0. The van der Waals surface area contributed by atoms with Gasteiger partial charge in [0.25, 0.3) is 0 Å². The number of hydrogen-bond donors (Lipinski definition) is 1. The summed E-state index contributed by atoms with van der Waals surface area (Å²) in [5.41, 5.74) is 2.06. The lowest BCUT2D eigenvalue weighted by molar-refractivity contribution is -0.150. The Hall–Kier alpha value is -2.04. The maximum atomic E-state index is 13.6. The van der Waals surface area contributed by atoms with Crippen molar-refractivity contribution in [3.05, 3.63) is 69.7 Å². The fraction of sp³-hybridized carbons (Fsp3) is 0.440. The zero-order valence-corrected chi connectivity index (χ0v) is 18.9. The molecule has 1 amide bonds. The highest BCUT2D eigenvalue weighted by atomic mass is 35.5.